The van der Waals surface area contributed by atoms with E-state index in [1.165, 1.54) is 6.42 Å². The second kappa shape index (κ2) is 6.15. The minimum atomic E-state index is -0.881. The first-order chi connectivity index (χ1) is 10.6. The Morgan fingerprint density at radius 1 is 1.09 bits per heavy atom. The number of nitrogen functional groups attached to an aromatic ring is 1. The van der Waals surface area contributed by atoms with E-state index in [0.29, 0.717) is 6.42 Å². The number of ether oxygens (including phenoxy) is 1. The quantitative estimate of drug-likeness (QED) is 0.800. The predicted octanol–water partition coefficient (Wildman–Crippen LogP) is 4.97. The highest BCUT2D eigenvalue weighted by molar-refractivity contribution is 5.42. The Morgan fingerprint density at radius 2 is 1.77 bits per heavy atom. The molecule has 0 spiro atoms. The van der Waals surface area contributed by atoms with Gasteiger partial charge in [0, 0.05) is 12.1 Å². The van der Waals surface area contributed by atoms with Crippen LogP contribution in [0.5, 0.6) is 5.75 Å². The predicted molar refractivity (Wildman–Crippen MR) is 88.7 cm³/mol. The van der Waals surface area contributed by atoms with E-state index in [2.05, 4.69) is 6.08 Å². The Kier molecular flexibility index (Phi) is 4.23. The molecule has 3 heteroatoms. The van der Waals surface area contributed by atoms with Gasteiger partial charge >= 0.3 is 0 Å². The van der Waals surface area contributed by atoms with Gasteiger partial charge in [0.15, 0.2) is 0 Å². The van der Waals surface area contributed by atoms with E-state index in [9.17, 15) is 4.39 Å². The summed E-state index contributed by atoms with van der Waals surface area (Å²) in [7, 11) is 0. The maximum Gasteiger partial charge on any atom is 0.130 e. The van der Waals surface area contributed by atoms with Gasteiger partial charge in [0.2, 0.25) is 0 Å². The van der Waals surface area contributed by atoms with Crippen LogP contribution >= 0.6 is 0 Å². The van der Waals surface area contributed by atoms with E-state index in [-0.39, 0.29) is 5.60 Å². The normalized spacial score (nSPS) is 24.4. The molecule has 1 fully saturated rings. The number of rotatable bonds is 3. The number of hydrogen-bond donors (Lipinski definition) is 1. The van der Waals surface area contributed by atoms with Crippen LogP contribution in [0.3, 0.4) is 0 Å². The van der Waals surface area contributed by atoms with Crippen molar-refractivity contribution in [1.29, 1.82) is 0 Å². The molecule has 0 radical (unpaired) electrons. The number of allylic oxidation sites excluding steroid dienone is 3. The van der Waals surface area contributed by atoms with Crippen LogP contribution in [0.15, 0.2) is 47.6 Å². The Morgan fingerprint density at radius 3 is 2.41 bits per heavy atom. The molecule has 0 aromatic heterocycles. The number of anilines is 1. The zero-order chi connectivity index (χ0) is 15.6. The van der Waals surface area contributed by atoms with Gasteiger partial charge in [-0.2, -0.15) is 0 Å². The number of hydrogen-bond acceptors (Lipinski definition) is 2. The van der Waals surface area contributed by atoms with Crippen molar-refractivity contribution in [1.82, 2.24) is 0 Å². The monoisotopic (exact) mass is 301 g/mol. The highest BCUT2D eigenvalue weighted by atomic mass is 19.1. The highest BCUT2D eigenvalue weighted by Crippen LogP contribution is 2.42. The molecule has 1 saturated carbocycles. The lowest BCUT2D eigenvalue weighted by molar-refractivity contribution is 0.0592. The largest absolute Gasteiger partial charge is 0.483 e. The molecular formula is C19H24FNO. The van der Waals surface area contributed by atoms with Crippen LogP contribution in [-0.2, 0) is 0 Å². The van der Waals surface area contributed by atoms with Gasteiger partial charge in [0.1, 0.15) is 17.5 Å². The minimum absolute atomic E-state index is 0.351. The van der Waals surface area contributed by atoms with Crippen LogP contribution < -0.4 is 10.5 Å². The zero-order valence-electron chi connectivity index (χ0n) is 13.1. The molecule has 1 atom stereocenters. The molecule has 0 aliphatic heterocycles. The third-order valence-electron chi connectivity index (χ3n) is 4.88. The van der Waals surface area contributed by atoms with Crippen LogP contribution in [0.4, 0.5) is 10.1 Å². The number of nitrogens with two attached hydrogens (primary N) is 1. The molecule has 22 heavy (non-hydrogen) atoms. The fourth-order valence-corrected chi connectivity index (χ4v) is 3.47. The van der Waals surface area contributed by atoms with Crippen LogP contribution in [0.25, 0.3) is 0 Å². The molecule has 2 aliphatic rings. The first-order valence-electron chi connectivity index (χ1n) is 8.15. The lowest BCUT2D eigenvalue weighted by atomic mass is 9.75. The highest BCUT2D eigenvalue weighted by Gasteiger charge is 2.39. The van der Waals surface area contributed by atoms with Crippen molar-refractivity contribution < 1.29 is 9.13 Å². The maximum atomic E-state index is 14.2. The van der Waals surface area contributed by atoms with E-state index < -0.39 is 6.17 Å². The molecule has 1 unspecified atom stereocenters. The van der Waals surface area contributed by atoms with Gasteiger partial charge < -0.3 is 10.5 Å². The van der Waals surface area contributed by atoms with Gasteiger partial charge in [0.05, 0.1) is 0 Å². The average molecular weight is 301 g/mol. The Balaban J connectivity index is 1.90. The Labute approximate surface area is 131 Å². The van der Waals surface area contributed by atoms with Gasteiger partial charge in [-0.1, -0.05) is 18.6 Å². The van der Waals surface area contributed by atoms with Crippen molar-refractivity contribution in [2.45, 2.75) is 57.2 Å². The Bertz CT molecular complexity index is 582. The third-order valence-corrected chi connectivity index (χ3v) is 4.88. The summed E-state index contributed by atoms with van der Waals surface area (Å²) in [4.78, 5) is 0. The van der Waals surface area contributed by atoms with Gasteiger partial charge in [-0.3, -0.25) is 0 Å². The second-order valence-corrected chi connectivity index (χ2v) is 6.50. The standard InChI is InChI=1S/C19H24FNO/c1-14-5-6-15(13-18(14)20)19(11-3-2-4-12-19)22-17-9-7-16(21)8-10-17/h5-10,18H,2-4,11-13,21H2,1H3. The fraction of sp³-hybridized carbons (Fsp3) is 0.474. The van der Waals surface area contributed by atoms with Gasteiger partial charge in [-0.25, -0.2) is 4.39 Å². The molecule has 2 aliphatic carbocycles. The number of benzene rings is 1. The van der Waals surface area contributed by atoms with E-state index in [1.54, 1.807) is 0 Å². The number of alkyl halides is 1. The Hall–Kier alpha value is -1.77. The average Bonchev–Trinajstić information content (AvgIpc) is 2.53. The summed E-state index contributed by atoms with van der Waals surface area (Å²) in [5.41, 5.74) is 8.03. The molecule has 118 valence electrons. The molecule has 1 aromatic carbocycles. The van der Waals surface area contributed by atoms with Crippen LogP contribution in [-0.4, -0.2) is 11.8 Å². The molecule has 3 rings (SSSR count). The summed E-state index contributed by atoms with van der Waals surface area (Å²) >= 11 is 0. The summed E-state index contributed by atoms with van der Waals surface area (Å²) in [5.74, 6) is 0.818. The zero-order valence-corrected chi connectivity index (χ0v) is 13.1. The SMILES string of the molecule is CC1=CC=C(C2(Oc3ccc(N)cc3)CCCCC2)CC1F. The van der Waals surface area contributed by atoms with E-state index >= 15 is 0 Å². The van der Waals surface area contributed by atoms with Crippen molar-refractivity contribution >= 4 is 5.69 Å². The molecule has 0 amide bonds. The fourth-order valence-electron chi connectivity index (χ4n) is 3.47. The van der Waals surface area contributed by atoms with Crippen LogP contribution in [0.2, 0.25) is 0 Å². The van der Waals surface area contributed by atoms with Crippen molar-refractivity contribution in [3.63, 3.8) is 0 Å². The summed E-state index contributed by atoms with van der Waals surface area (Å²) in [6.45, 7) is 1.85. The smallest absolute Gasteiger partial charge is 0.130 e. The maximum absolute atomic E-state index is 14.2. The number of halogens is 1. The van der Waals surface area contributed by atoms with Gasteiger partial charge in [0.25, 0.3) is 0 Å². The molecular weight excluding hydrogens is 277 g/mol. The van der Waals surface area contributed by atoms with Crippen LogP contribution in [0.1, 0.15) is 45.4 Å². The second-order valence-electron chi connectivity index (χ2n) is 6.50. The first kappa shape index (κ1) is 15.1. The molecule has 1 aromatic rings. The van der Waals surface area contributed by atoms with E-state index in [0.717, 1.165) is 48.3 Å². The van der Waals surface area contributed by atoms with Gasteiger partial charge in [-0.15, -0.1) is 0 Å². The summed E-state index contributed by atoms with van der Waals surface area (Å²) in [5, 5.41) is 0. The van der Waals surface area contributed by atoms with Crippen molar-refractivity contribution in [2.24, 2.45) is 0 Å². The molecule has 2 N–H and O–H groups in total. The molecule has 0 heterocycles. The van der Waals surface area contributed by atoms with Crippen molar-refractivity contribution in [2.75, 3.05) is 5.73 Å². The van der Waals surface area contributed by atoms with E-state index in [1.807, 2.05) is 37.3 Å². The van der Waals surface area contributed by atoms with Crippen molar-refractivity contribution in [3.8, 4) is 5.75 Å². The first-order valence-corrected chi connectivity index (χ1v) is 8.15. The lowest BCUT2D eigenvalue weighted by Crippen LogP contribution is -2.41. The minimum Gasteiger partial charge on any atom is -0.483 e. The van der Waals surface area contributed by atoms with Crippen molar-refractivity contribution in [3.05, 3.63) is 47.6 Å². The summed E-state index contributed by atoms with van der Waals surface area (Å²) in [6, 6.07) is 7.51. The summed E-state index contributed by atoms with van der Waals surface area (Å²) in [6.07, 6.45) is 8.98. The van der Waals surface area contributed by atoms with E-state index in [4.69, 9.17) is 10.5 Å². The topological polar surface area (TPSA) is 35.2 Å². The molecule has 0 bridgehead atoms. The summed E-state index contributed by atoms with van der Waals surface area (Å²) < 4.78 is 20.6. The lowest BCUT2D eigenvalue weighted by Gasteiger charge is -2.41. The van der Waals surface area contributed by atoms with Gasteiger partial charge in [-0.05, 0) is 68.0 Å². The molecule has 0 saturated heterocycles. The third kappa shape index (κ3) is 3.03. The van der Waals surface area contributed by atoms with Crippen LogP contribution in [0, 0.1) is 0 Å². The molecule has 2 nitrogen and oxygen atoms in total.